The Morgan fingerprint density at radius 2 is 1.98 bits per heavy atom. The van der Waals surface area contributed by atoms with Crippen LogP contribution >= 0.6 is 11.8 Å². The van der Waals surface area contributed by atoms with Crippen LogP contribution in [0, 0.1) is 18.7 Å². The van der Waals surface area contributed by atoms with Gasteiger partial charge in [-0.25, -0.2) is 27.6 Å². The fourth-order valence-corrected chi connectivity index (χ4v) is 7.77. The van der Waals surface area contributed by atoms with Crippen molar-refractivity contribution < 1.29 is 31.9 Å². The lowest BCUT2D eigenvalue weighted by atomic mass is 10.1. The number of nitrogens with zero attached hydrogens (tertiary/aromatic N) is 3. The second-order valence-electron chi connectivity index (χ2n) is 12.4. The van der Waals surface area contributed by atoms with Gasteiger partial charge in [0.25, 0.3) is 5.91 Å². The molecule has 2 aliphatic heterocycles. The number of carbonyl (C=O) groups excluding carboxylic acids is 3. The van der Waals surface area contributed by atoms with Crippen molar-refractivity contribution in [2.45, 2.75) is 93.7 Å². The lowest BCUT2D eigenvalue weighted by Gasteiger charge is -2.29. The summed E-state index contributed by atoms with van der Waals surface area (Å²) in [7, 11) is -3.86. The SMILES string of the molecule is Cc1nc2cccc(F)c2nc1O[C@@H]1C[C@H]2C(=O)N[C@]3(C(=O)NS(=O)(=O)C4CC4)C[C@H]3/C=C\CCCCC[C@H](NCl)C(=O)N2C1. The number of allylic oxidation sites excluding steroid dienone is 1. The third-order valence-corrected chi connectivity index (χ3v) is 11.1. The number of carbonyl (C=O) groups is 3. The van der Waals surface area contributed by atoms with Gasteiger partial charge in [0.05, 0.1) is 17.3 Å². The Balaban J connectivity index is 1.28. The zero-order chi connectivity index (χ0) is 31.9. The van der Waals surface area contributed by atoms with Crippen LogP contribution in [0.4, 0.5) is 4.39 Å². The van der Waals surface area contributed by atoms with Gasteiger partial charge in [-0.05, 0) is 69.4 Å². The van der Waals surface area contributed by atoms with Crippen LogP contribution in [0.2, 0.25) is 0 Å². The van der Waals surface area contributed by atoms with E-state index in [0.29, 0.717) is 30.5 Å². The molecule has 2 saturated carbocycles. The molecule has 0 spiro atoms. The zero-order valence-electron chi connectivity index (χ0n) is 24.8. The first-order valence-corrected chi connectivity index (χ1v) is 17.3. The Hall–Kier alpha value is -3.36. The summed E-state index contributed by atoms with van der Waals surface area (Å²) in [5.74, 6) is -2.68. The van der Waals surface area contributed by atoms with Crippen LogP contribution < -0.4 is 19.6 Å². The van der Waals surface area contributed by atoms with Crippen LogP contribution in [-0.4, -0.2) is 76.5 Å². The largest absolute Gasteiger partial charge is 0.471 e. The number of fused-ring (bicyclic) bond motifs is 3. The number of nitrogens with one attached hydrogen (secondary N) is 3. The Morgan fingerprint density at radius 1 is 1.18 bits per heavy atom. The molecule has 45 heavy (non-hydrogen) atoms. The first kappa shape index (κ1) is 31.6. The van der Waals surface area contributed by atoms with Gasteiger partial charge in [0.2, 0.25) is 27.7 Å². The maximum absolute atomic E-state index is 14.5. The van der Waals surface area contributed by atoms with E-state index < -0.39 is 68.5 Å². The van der Waals surface area contributed by atoms with Crippen molar-refractivity contribution in [3.8, 4) is 5.88 Å². The van der Waals surface area contributed by atoms with E-state index >= 15 is 0 Å². The predicted octanol–water partition coefficient (Wildman–Crippen LogP) is 2.54. The standard InChI is InChI=1S/C30H36ClFN6O6S/c1-17-27(34-25-21(32)9-7-11-22(25)33-17)44-19-14-24-26(39)35-30(29(41)37-45(42,43)20-12-13-20)15-18(30)8-5-3-2-4-6-10-23(36-31)28(40)38(24)16-19/h5,7-9,11,18-20,23-24,36H,2-4,6,10,12-16H2,1H3,(H,35,39)(H,37,41)/b8-5-/t18-,19-,23+,24+,30-/m1/s1. The maximum Gasteiger partial charge on any atom is 0.259 e. The molecule has 3 N–H and O–H groups in total. The van der Waals surface area contributed by atoms with E-state index in [-0.39, 0.29) is 30.8 Å². The number of amides is 3. The Kier molecular flexibility index (Phi) is 8.74. The zero-order valence-corrected chi connectivity index (χ0v) is 26.4. The minimum Gasteiger partial charge on any atom is -0.471 e. The summed E-state index contributed by atoms with van der Waals surface area (Å²) in [5, 5.41) is 2.21. The number of sulfonamides is 1. The molecule has 3 heterocycles. The molecule has 12 nitrogen and oxygen atoms in total. The highest BCUT2D eigenvalue weighted by Gasteiger charge is 2.62. The Bertz CT molecular complexity index is 1650. The van der Waals surface area contributed by atoms with Gasteiger partial charge in [0, 0.05) is 12.3 Å². The highest BCUT2D eigenvalue weighted by molar-refractivity contribution is 7.91. The molecular weight excluding hydrogens is 627 g/mol. The first-order valence-electron chi connectivity index (χ1n) is 15.3. The van der Waals surface area contributed by atoms with E-state index in [1.54, 1.807) is 13.0 Å². The topological polar surface area (TPSA) is 160 Å². The molecule has 1 aromatic carbocycles. The monoisotopic (exact) mass is 662 g/mol. The average molecular weight is 663 g/mol. The number of halogens is 2. The molecule has 3 amide bonds. The average Bonchev–Trinajstić information content (AvgIpc) is 3.92. The third kappa shape index (κ3) is 6.50. The third-order valence-electron chi connectivity index (χ3n) is 9.03. The predicted molar refractivity (Wildman–Crippen MR) is 163 cm³/mol. The van der Waals surface area contributed by atoms with Crippen LogP contribution in [0.5, 0.6) is 5.88 Å². The van der Waals surface area contributed by atoms with Crippen molar-refractivity contribution in [3.63, 3.8) is 0 Å². The summed E-state index contributed by atoms with van der Waals surface area (Å²) in [6.45, 7) is 1.67. The number of hydrogen-bond donors (Lipinski definition) is 3. The van der Waals surface area contributed by atoms with Crippen molar-refractivity contribution in [1.82, 2.24) is 29.7 Å². The lowest BCUT2D eigenvalue weighted by molar-refractivity contribution is -0.141. The minimum absolute atomic E-state index is 0.000997. The van der Waals surface area contributed by atoms with Gasteiger partial charge in [0.1, 0.15) is 34.9 Å². The molecule has 4 aliphatic rings. The molecule has 1 saturated heterocycles. The molecule has 5 atom stereocenters. The fourth-order valence-electron chi connectivity index (χ4n) is 6.20. The van der Waals surface area contributed by atoms with Crippen molar-refractivity contribution >= 4 is 50.6 Å². The second kappa shape index (κ2) is 12.4. The quantitative estimate of drug-likeness (QED) is 0.312. The number of ether oxygens (including phenoxy) is 1. The molecule has 3 fully saturated rings. The van der Waals surface area contributed by atoms with Crippen molar-refractivity contribution in [1.29, 1.82) is 0 Å². The highest BCUT2D eigenvalue weighted by Crippen LogP contribution is 2.46. The second-order valence-corrected chi connectivity index (χ2v) is 14.6. The van der Waals surface area contributed by atoms with E-state index in [1.165, 1.54) is 17.0 Å². The van der Waals surface area contributed by atoms with Crippen LogP contribution in [0.3, 0.4) is 0 Å². The molecule has 1 aromatic heterocycles. The number of hydrogen-bond acceptors (Lipinski definition) is 9. The van der Waals surface area contributed by atoms with Gasteiger partial charge in [0.15, 0.2) is 5.82 Å². The molecule has 0 bridgehead atoms. The van der Waals surface area contributed by atoms with Crippen LogP contribution in [-0.2, 0) is 24.4 Å². The maximum atomic E-state index is 14.5. The van der Waals surface area contributed by atoms with E-state index in [1.807, 2.05) is 12.2 Å². The molecule has 0 radical (unpaired) electrons. The molecule has 6 rings (SSSR count). The summed E-state index contributed by atoms with van der Waals surface area (Å²) < 4.78 is 48.1. The Labute approximate surface area is 265 Å². The van der Waals surface area contributed by atoms with Gasteiger partial charge in [-0.1, -0.05) is 31.1 Å². The van der Waals surface area contributed by atoms with Crippen LogP contribution in [0.1, 0.15) is 63.5 Å². The van der Waals surface area contributed by atoms with Gasteiger partial charge in [-0.3, -0.25) is 19.1 Å². The van der Waals surface area contributed by atoms with E-state index in [0.717, 1.165) is 25.7 Å². The molecule has 2 aromatic rings. The van der Waals surface area contributed by atoms with Gasteiger partial charge >= 0.3 is 0 Å². The summed E-state index contributed by atoms with van der Waals surface area (Å²) in [6.07, 6.45) is 7.93. The van der Waals surface area contributed by atoms with Crippen LogP contribution in [0.25, 0.3) is 11.0 Å². The number of benzene rings is 1. The van der Waals surface area contributed by atoms with E-state index in [2.05, 4.69) is 24.8 Å². The lowest BCUT2D eigenvalue weighted by Crippen LogP contribution is -2.57. The van der Waals surface area contributed by atoms with Gasteiger partial charge < -0.3 is 15.0 Å². The van der Waals surface area contributed by atoms with Gasteiger partial charge in [-0.2, -0.15) is 0 Å². The normalized spacial score (nSPS) is 30.0. The number of rotatable bonds is 6. The van der Waals surface area contributed by atoms with Crippen molar-refractivity contribution in [2.75, 3.05) is 6.54 Å². The molecule has 0 unspecified atom stereocenters. The number of aromatic nitrogens is 2. The van der Waals surface area contributed by atoms with Crippen LogP contribution in [0.15, 0.2) is 30.4 Å². The smallest absolute Gasteiger partial charge is 0.259 e. The highest BCUT2D eigenvalue weighted by atomic mass is 35.5. The molecule has 242 valence electrons. The summed E-state index contributed by atoms with van der Waals surface area (Å²) in [5.41, 5.74) is -0.655. The molecule has 15 heteroatoms. The summed E-state index contributed by atoms with van der Waals surface area (Å²) in [4.78, 5) is 53.9. The Morgan fingerprint density at radius 3 is 2.73 bits per heavy atom. The van der Waals surface area contributed by atoms with Crippen molar-refractivity contribution in [2.24, 2.45) is 5.92 Å². The minimum atomic E-state index is -3.86. The number of para-hydroxylation sites is 1. The van der Waals surface area contributed by atoms with E-state index in [9.17, 15) is 27.2 Å². The summed E-state index contributed by atoms with van der Waals surface area (Å²) >= 11 is 6.02. The molecule has 2 aliphatic carbocycles. The van der Waals surface area contributed by atoms with Crippen molar-refractivity contribution in [3.05, 3.63) is 41.9 Å². The number of aryl methyl sites for hydroxylation is 1. The van der Waals surface area contributed by atoms with Gasteiger partial charge in [-0.15, -0.1) is 0 Å². The molecular formula is C30H36ClFN6O6S. The first-order chi connectivity index (χ1) is 21.5. The summed E-state index contributed by atoms with van der Waals surface area (Å²) in [6, 6.07) is 2.62. The van der Waals surface area contributed by atoms with E-state index in [4.69, 9.17) is 16.5 Å². The fraction of sp³-hybridized carbons (Fsp3) is 0.567.